The molecular weight excluding hydrogens is 751 g/mol. The second-order valence-corrected chi connectivity index (χ2v) is 17.4. The first-order valence-electron chi connectivity index (χ1n) is 24.3. The van der Waals surface area contributed by atoms with Crippen LogP contribution in [-0.2, 0) is 28.6 Å². The van der Waals surface area contributed by atoms with Crippen LogP contribution in [-0.4, -0.2) is 75.5 Å². The SMILES string of the molecule is CCCCC/C=C/C=C/CCCCCCCCCCCCC(=O)OCC(COCCC(C(=O)[O-])[N+](C)(C)C)OC(=O)CCC/C=C/C/C=C/C/C=C/CCCCCCCC. The van der Waals surface area contributed by atoms with Crippen LogP contribution in [0.3, 0.4) is 0 Å². The van der Waals surface area contributed by atoms with E-state index in [1.54, 1.807) is 21.1 Å². The lowest BCUT2D eigenvalue weighted by atomic mass is 10.1. The fraction of sp³-hybridized carbons (Fsp3) is 0.750. The smallest absolute Gasteiger partial charge is 0.306 e. The summed E-state index contributed by atoms with van der Waals surface area (Å²) in [6, 6.07) is -0.737. The van der Waals surface area contributed by atoms with Crippen molar-refractivity contribution >= 4 is 17.9 Å². The zero-order valence-electron chi connectivity index (χ0n) is 39.4. The van der Waals surface area contributed by atoms with Gasteiger partial charge in [-0.15, -0.1) is 0 Å². The Hall–Kier alpha value is -2.97. The number of hydrogen-bond acceptors (Lipinski definition) is 7. The Morgan fingerprint density at radius 2 is 0.950 bits per heavy atom. The van der Waals surface area contributed by atoms with Crippen molar-refractivity contribution in [3.05, 3.63) is 60.8 Å². The minimum Gasteiger partial charge on any atom is -0.544 e. The van der Waals surface area contributed by atoms with E-state index in [-0.39, 0.29) is 49.1 Å². The second kappa shape index (κ2) is 42.7. The molecule has 0 fully saturated rings. The van der Waals surface area contributed by atoms with Crippen molar-refractivity contribution in [3.8, 4) is 0 Å². The molecule has 0 N–H and O–H groups in total. The third kappa shape index (κ3) is 40.4. The minimum absolute atomic E-state index is 0.0182. The molecule has 0 rings (SSSR count). The van der Waals surface area contributed by atoms with E-state index in [4.69, 9.17) is 14.2 Å². The summed E-state index contributed by atoms with van der Waals surface area (Å²) in [6.45, 7) is 4.58. The molecule has 0 bridgehead atoms. The van der Waals surface area contributed by atoms with Gasteiger partial charge in [0.1, 0.15) is 12.6 Å². The van der Waals surface area contributed by atoms with Gasteiger partial charge in [0.05, 0.1) is 40.3 Å². The number of likely N-dealkylation sites (N-methyl/N-ethyl adjacent to an activating group) is 1. The maximum absolute atomic E-state index is 12.7. The fourth-order valence-corrected chi connectivity index (χ4v) is 6.84. The first kappa shape index (κ1) is 57.0. The van der Waals surface area contributed by atoms with Crippen LogP contribution >= 0.6 is 0 Å². The van der Waals surface area contributed by atoms with Gasteiger partial charge >= 0.3 is 11.9 Å². The van der Waals surface area contributed by atoms with Crippen molar-refractivity contribution in [2.45, 2.75) is 212 Å². The molecule has 0 radical (unpaired) electrons. The molecule has 8 nitrogen and oxygen atoms in total. The van der Waals surface area contributed by atoms with Gasteiger partial charge in [-0.3, -0.25) is 9.59 Å². The summed E-state index contributed by atoms with van der Waals surface area (Å²) in [5, 5.41) is 11.6. The number of quaternary nitrogens is 1. The van der Waals surface area contributed by atoms with E-state index in [1.807, 2.05) is 0 Å². The third-order valence-corrected chi connectivity index (χ3v) is 10.7. The first-order chi connectivity index (χ1) is 29.1. The third-order valence-electron chi connectivity index (χ3n) is 10.7. The number of aliphatic carboxylic acids is 1. The van der Waals surface area contributed by atoms with Gasteiger partial charge in [0, 0.05) is 19.3 Å². The minimum atomic E-state index is -1.13. The number of carbonyl (C=O) groups excluding carboxylic acids is 3. The Labute approximate surface area is 368 Å². The van der Waals surface area contributed by atoms with Crippen molar-refractivity contribution in [1.29, 1.82) is 0 Å². The van der Waals surface area contributed by atoms with Crippen LogP contribution in [0.25, 0.3) is 0 Å². The molecule has 0 amide bonds. The molecule has 0 spiro atoms. The highest BCUT2D eigenvalue weighted by Crippen LogP contribution is 2.14. The molecule has 0 aromatic rings. The van der Waals surface area contributed by atoms with Crippen molar-refractivity contribution < 1.29 is 38.2 Å². The predicted molar refractivity (Wildman–Crippen MR) is 249 cm³/mol. The molecule has 346 valence electrons. The molecule has 0 aliphatic carbocycles. The molecule has 0 aromatic carbocycles. The maximum Gasteiger partial charge on any atom is 0.306 e. The zero-order chi connectivity index (χ0) is 44.2. The molecule has 0 saturated heterocycles. The van der Waals surface area contributed by atoms with Gasteiger partial charge in [-0.1, -0.05) is 171 Å². The van der Waals surface area contributed by atoms with Crippen molar-refractivity contribution in [3.63, 3.8) is 0 Å². The molecular formula is C52H91NO7. The zero-order valence-corrected chi connectivity index (χ0v) is 39.4. The number of carboxylic acids is 1. The van der Waals surface area contributed by atoms with Crippen LogP contribution in [0.2, 0.25) is 0 Å². The van der Waals surface area contributed by atoms with Gasteiger partial charge in [-0.05, 0) is 70.6 Å². The molecule has 60 heavy (non-hydrogen) atoms. The second-order valence-electron chi connectivity index (χ2n) is 17.4. The number of allylic oxidation sites excluding steroid dienone is 10. The maximum atomic E-state index is 12.7. The molecule has 0 heterocycles. The van der Waals surface area contributed by atoms with E-state index >= 15 is 0 Å². The van der Waals surface area contributed by atoms with Gasteiger partial charge < -0.3 is 28.6 Å². The number of esters is 2. The summed E-state index contributed by atoms with van der Waals surface area (Å²) in [6.07, 6.45) is 52.5. The number of ether oxygens (including phenoxy) is 3. The average molecular weight is 842 g/mol. The number of carboxylic acid groups (broad SMARTS) is 1. The van der Waals surface area contributed by atoms with Crippen molar-refractivity contribution in [1.82, 2.24) is 0 Å². The average Bonchev–Trinajstić information content (AvgIpc) is 3.21. The fourth-order valence-electron chi connectivity index (χ4n) is 6.84. The monoisotopic (exact) mass is 842 g/mol. The van der Waals surface area contributed by atoms with E-state index < -0.39 is 18.1 Å². The van der Waals surface area contributed by atoms with Crippen molar-refractivity contribution in [2.24, 2.45) is 0 Å². The highest BCUT2D eigenvalue weighted by atomic mass is 16.6. The topological polar surface area (TPSA) is 102 Å². The van der Waals surface area contributed by atoms with Gasteiger partial charge in [0.15, 0.2) is 6.10 Å². The van der Waals surface area contributed by atoms with Gasteiger partial charge in [-0.25, -0.2) is 0 Å². The first-order valence-corrected chi connectivity index (χ1v) is 24.3. The lowest BCUT2D eigenvalue weighted by molar-refractivity contribution is -0.889. The van der Waals surface area contributed by atoms with Crippen LogP contribution in [0.5, 0.6) is 0 Å². The number of rotatable bonds is 43. The van der Waals surface area contributed by atoms with Crippen molar-refractivity contribution in [2.75, 3.05) is 41.0 Å². The largest absolute Gasteiger partial charge is 0.544 e. The number of carbonyl (C=O) groups is 3. The van der Waals surface area contributed by atoms with Crippen LogP contribution in [0.4, 0.5) is 0 Å². The Bertz CT molecular complexity index is 1170. The normalized spacial score (nSPS) is 13.4. The molecule has 8 heteroatoms. The molecule has 0 saturated carbocycles. The molecule has 2 atom stereocenters. The van der Waals surface area contributed by atoms with Crippen LogP contribution < -0.4 is 5.11 Å². The Morgan fingerprint density at radius 1 is 0.517 bits per heavy atom. The van der Waals surface area contributed by atoms with Gasteiger partial charge in [-0.2, -0.15) is 0 Å². The number of nitrogens with zero attached hydrogens (tertiary/aromatic N) is 1. The highest BCUT2D eigenvalue weighted by Gasteiger charge is 2.25. The molecule has 0 aliphatic rings. The number of unbranched alkanes of at least 4 members (excludes halogenated alkanes) is 20. The summed E-state index contributed by atoms with van der Waals surface area (Å²) in [7, 11) is 5.39. The molecule has 0 aromatic heterocycles. The van der Waals surface area contributed by atoms with Crippen LogP contribution in [0.15, 0.2) is 60.8 Å². The quantitative estimate of drug-likeness (QED) is 0.0198. The highest BCUT2D eigenvalue weighted by molar-refractivity contribution is 5.70. The summed E-state index contributed by atoms with van der Waals surface area (Å²) < 4.78 is 17.2. The van der Waals surface area contributed by atoms with Gasteiger partial charge in [0.2, 0.25) is 0 Å². The Balaban J connectivity index is 4.36. The summed E-state index contributed by atoms with van der Waals surface area (Å²) in [5.74, 6) is -1.81. The number of hydrogen-bond donors (Lipinski definition) is 0. The van der Waals surface area contributed by atoms with E-state index in [9.17, 15) is 19.5 Å². The van der Waals surface area contributed by atoms with Crippen LogP contribution in [0.1, 0.15) is 200 Å². The Kier molecular flexibility index (Phi) is 40.6. The van der Waals surface area contributed by atoms with E-state index in [0.717, 1.165) is 38.5 Å². The summed E-state index contributed by atoms with van der Waals surface area (Å²) in [5.41, 5.74) is 0. The Morgan fingerprint density at radius 3 is 1.48 bits per heavy atom. The molecule has 2 unspecified atom stereocenters. The van der Waals surface area contributed by atoms with E-state index in [2.05, 4.69) is 74.6 Å². The summed E-state index contributed by atoms with van der Waals surface area (Å²) >= 11 is 0. The predicted octanol–water partition coefficient (Wildman–Crippen LogP) is 12.4. The summed E-state index contributed by atoms with van der Waals surface area (Å²) in [4.78, 5) is 36.9. The molecule has 0 aliphatic heterocycles. The standard InChI is InChI=1S/C52H91NO7/c1-6-8-10-12-14-16-18-20-22-24-25-27-28-30-32-34-36-38-40-42-50(54)59-47-48(46-58-45-44-49(52(56)57)53(3,4)5)60-51(55)43-41-39-37-35-33-31-29-26-23-21-19-17-15-13-11-9-7-2/h14,16,18,20-21,23,29,31,35,37,48-49H,6-13,15,17,19,22,24-28,30,32-34,36,38-47H2,1-5H3/b16-14+,20-18+,23-21+,31-29+,37-35+. The van der Waals surface area contributed by atoms with E-state index in [0.29, 0.717) is 12.8 Å². The van der Waals surface area contributed by atoms with Crippen LogP contribution in [0, 0.1) is 0 Å². The van der Waals surface area contributed by atoms with Gasteiger partial charge in [0.25, 0.3) is 0 Å². The lowest BCUT2D eigenvalue weighted by Gasteiger charge is -2.34. The lowest BCUT2D eigenvalue weighted by Crippen LogP contribution is -2.55. The van der Waals surface area contributed by atoms with E-state index in [1.165, 1.54) is 122 Å².